The lowest BCUT2D eigenvalue weighted by atomic mass is 9.97. The first-order valence-corrected chi connectivity index (χ1v) is 35.2. The molecule has 0 bridgehead atoms. The van der Waals surface area contributed by atoms with Crippen LogP contribution in [0, 0.1) is 164 Å². The van der Waals surface area contributed by atoms with Crippen molar-refractivity contribution < 1.29 is 164 Å². The summed E-state index contributed by atoms with van der Waals surface area (Å²) in [5.74, 6) is -35.5. The second-order valence-electron chi connectivity index (χ2n) is 24.6. The van der Waals surface area contributed by atoms with E-state index in [1.807, 2.05) is 0 Å². The Hall–Kier alpha value is -15.2. The van der Waals surface area contributed by atoms with Crippen molar-refractivity contribution in [3.05, 3.63) is 349 Å². The van der Waals surface area contributed by atoms with E-state index >= 15 is 0 Å². The van der Waals surface area contributed by atoms with Crippen molar-refractivity contribution in [2.45, 2.75) is 54.1 Å². The zero-order valence-corrected chi connectivity index (χ0v) is 63.3. The average molecular weight is 1740 g/mol. The molecule has 0 unspecified atom stereocenters. The minimum Gasteiger partial charge on any atom is -0.462 e. The topological polar surface area (TPSA) is 210 Å². The van der Waals surface area contributed by atoms with Crippen LogP contribution in [-0.2, 0) is 64.3 Å². The zero-order valence-electron chi connectivity index (χ0n) is 63.3. The van der Waals surface area contributed by atoms with Crippen LogP contribution >= 0.6 is 0 Å². The normalized spacial score (nSPS) is 10.5. The molecule has 0 saturated carbocycles. The Balaban J connectivity index is 0.000000281. The number of hydrogen-bond donors (Lipinski definition) is 0. The Morgan fingerprint density at radius 2 is 0.347 bits per heavy atom. The minimum atomic E-state index is -2.48. The van der Waals surface area contributed by atoms with Gasteiger partial charge in [-0.3, -0.25) is 0 Å². The molecule has 10 aromatic rings. The van der Waals surface area contributed by atoms with Crippen LogP contribution in [0.15, 0.2) is 121 Å². The van der Waals surface area contributed by atoms with Gasteiger partial charge in [-0.05, 0) is 149 Å². The van der Waals surface area contributed by atoms with Crippen LogP contribution in [0.3, 0.4) is 0 Å². The lowest BCUT2D eigenvalue weighted by Gasteiger charge is -2.13. The minimum absolute atomic E-state index is 0.0675. The van der Waals surface area contributed by atoms with Crippen molar-refractivity contribution in [3.8, 4) is 47.4 Å². The number of benzene rings is 10. The van der Waals surface area contributed by atoms with Gasteiger partial charge in [0.2, 0.25) is 23.3 Å². The van der Waals surface area contributed by atoms with E-state index in [1.54, 1.807) is 27.7 Å². The summed E-state index contributed by atoms with van der Waals surface area (Å²) >= 11 is 0. The van der Waals surface area contributed by atoms with Crippen molar-refractivity contribution in [1.82, 2.24) is 0 Å². The summed E-state index contributed by atoms with van der Waals surface area (Å²) in [6.45, 7) is 0.439. The summed E-state index contributed by atoms with van der Waals surface area (Å²) in [6.07, 6.45) is 0. The summed E-state index contributed by atoms with van der Waals surface area (Å²) in [5, 5.41) is 0. The molecule has 124 heavy (non-hydrogen) atoms. The van der Waals surface area contributed by atoms with Crippen LogP contribution in [0.25, 0.3) is 0 Å². The SMILES string of the molecule is CCOC(=O)c1ccc(C#Cc2cc(C(=O)OCc3c(F)c(F)c(F)c(F)c3F)c(C#Cc3ccc(C(=O)OCC)cc3)cc2C(=O)OCc2c(F)c(F)c(F)c(F)c2F)cc1.CCOC(=O)c1ccc(C#Cc2cc(C(=O)OCc3c(F)c(F)c(F)c(F)c3F)c(C#Cc3ccc(C(=O)OCC)cc3)cc2C(=O)OCc2c(F)c(F)c(F)c(F)c2F)cc1. The summed E-state index contributed by atoms with van der Waals surface area (Å²) in [6, 6.07) is 24.5. The maximum absolute atomic E-state index is 14.5. The fourth-order valence-electron chi connectivity index (χ4n) is 10.4. The maximum Gasteiger partial charge on any atom is 0.339 e. The molecular weight excluding hydrogens is 1690 g/mol. The summed E-state index contributed by atoms with van der Waals surface area (Å²) in [7, 11) is 0. The van der Waals surface area contributed by atoms with Crippen LogP contribution < -0.4 is 0 Å². The molecule has 0 aliphatic heterocycles. The molecule has 0 saturated heterocycles. The molecular formula is C88H48F20O16. The van der Waals surface area contributed by atoms with E-state index in [9.17, 15) is 126 Å². The summed E-state index contributed by atoms with van der Waals surface area (Å²) in [4.78, 5) is 103. The lowest BCUT2D eigenvalue weighted by Crippen LogP contribution is -2.15. The molecule has 36 heteroatoms. The largest absolute Gasteiger partial charge is 0.462 e. The first kappa shape index (κ1) is 92.7. The van der Waals surface area contributed by atoms with Gasteiger partial charge in [0.1, 0.15) is 26.4 Å². The van der Waals surface area contributed by atoms with Crippen LogP contribution in [0.4, 0.5) is 87.8 Å². The predicted molar refractivity (Wildman–Crippen MR) is 388 cm³/mol. The first-order valence-electron chi connectivity index (χ1n) is 35.2. The zero-order chi connectivity index (χ0) is 90.8. The van der Waals surface area contributed by atoms with Crippen LogP contribution in [0.1, 0.15) is 177 Å². The molecule has 10 rings (SSSR count). The van der Waals surface area contributed by atoms with Crippen molar-refractivity contribution in [2.24, 2.45) is 0 Å². The van der Waals surface area contributed by atoms with Gasteiger partial charge in [0.25, 0.3) is 0 Å². The molecule has 0 spiro atoms. The van der Waals surface area contributed by atoms with Gasteiger partial charge in [-0.25, -0.2) is 126 Å². The molecule has 0 atom stereocenters. The van der Waals surface area contributed by atoms with Gasteiger partial charge < -0.3 is 37.9 Å². The molecule has 0 aromatic heterocycles. The number of carbonyl (C=O) groups is 8. The van der Waals surface area contributed by atoms with Crippen LogP contribution in [0.2, 0.25) is 0 Å². The fourth-order valence-corrected chi connectivity index (χ4v) is 10.4. The van der Waals surface area contributed by atoms with Crippen molar-refractivity contribution in [3.63, 3.8) is 0 Å². The number of esters is 8. The highest BCUT2D eigenvalue weighted by molar-refractivity contribution is 6.00. The van der Waals surface area contributed by atoms with Gasteiger partial charge in [-0.2, -0.15) is 0 Å². The Bertz CT molecular complexity index is 5380. The van der Waals surface area contributed by atoms with Gasteiger partial charge in [0.05, 0.1) is 93.2 Å². The Kier molecular flexibility index (Phi) is 30.8. The van der Waals surface area contributed by atoms with Crippen molar-refractivity contribution >= 4 is 47.8 Å². The second-order valence-corrected chi connectivity index (χ2v) is 24.6. The van der Waals surface area contributed by atoms with Gasteiger partial charge in [0.15, 0.2) is 93.1 Å². The van der Waals surface area contributed by atoms with Crippen LogP contribution in [0.5, 0.6) is 0 Å². The van der Waals surface area contributed by atoms with E-state index in [0.717, 1.165) is 24.3 Å². The monoisotopic (exact) mass is 1740 g/mol. The summed E-state index contributed by atoms with van der Waals surface area (Å²) in [5.41, 5.74) is -9.68. The van der Waals surface area contributed by atoms with Gasteiger partial charge in [0, 0.05) is 44.5 Å². The molecule has 0 aliphatic carbocycles. The molecule has 16 nitrogen and oxygen atoms in total. The van der Waals surface area contributed by atoms with E-state index < -0.39 is 257 Å². The van der Waals surface area contributed by atoms with E-state index in [-0.39, 0.29) is 70.9 Å². The van der Waals surface area contributed by atoms with E-state index in [4.69, 9.17) is 37.9 Å². The number of hydrogen-bond acceptors (Lipinski definition) is 16. The van der Waals surface area contributed by atoms with Gasteiger partial charge >= 0.3 is 47.8 Å². The highest BCUT2D eigenvalue weighted by Gasteiger charge is 2.33. The highest BCUT2D eigenvalue weighted by atomic mass is 19.2. The Labute approximate surface area is 686 Å². The van der Waals surface area contributed by atoms with Gasteiger partial charge in [-0.1, -0.05) is 47.4 Å². The third-order valence-electron chi connectivity index (χ3n) is 16.7. The van der Waals surface area contributed by atoms with Crippen molar-refractivity contribution in [1.29, 1.82) is 0 Å². The third-order valence-corrected chi connectivity index (χ3v) is 16.7. The predicted octanol–water partition coefficient (Wildman–Crippen LogP) is 17.9. The number of carbonyl (C=O) groups excluding carboxylic acids is 8. The Morgan fingerprint density at radius 3 is 0.492 bits per heavy atom. The van der Waals surface area contributed by atoms with E-state index in [2.05, 4.69) is 47.4 Å². The average Bonchev–Trinajstić information content (AvgIpc) is 0.800. The quantitative estimate of drug-likeness (QED) is 0.0173. The van der Waals surface area contributed by atoms with E-state index in [1.165, 1.54) is 97.1 Å². The molecule has 0 aliphatic rings. The molecule has 10 aromatic carbocycles. The molecule has 0 N–H and O–H groups in total. The second kappa shape index (κ2) is 41.2. The molecule has 0 radical (unpaired) electrons. The van der Waals surface area contributed by atoms with Crippen LogP contribution in [-0.4, -0.2) is 74.2 Å². The number of ether oxygens (including phenoxy) is 8. The first-order chi connectivity index (χ1) is 59.0. The molecule has 0 heterocycles. The molecule has 0 amide bonds. The lowest BCUT2D eigenvalue weighted by molar-refractivity contribution is 0.0447. The third kappa shape index (κ3) is 21.3. The highest BCUT2D eigenvalue weighted by Crippen LogP contribution is 2.32. The van der Waals surface area contributed by atoms with Crippen molar-refractivity contribution in [2.75, 3.05) is 26.4 Å². The Morgan fingerprint density at radius 1 is 0.202 bits per heavy atom. The van der Waals surface area contributed by atoms with E-state index in [0.29, 0.717) is 0 Å². The molecule has 636 valence electrons. The molecule has 0 fully saturated rings. The smallest absolute Gasteiger partial charge is 0.339 e. The standard InChI is InChI=1S/2C44H24F10O8/c2*1-3-59-41(55)23-11-5-21(6-12-23)9-15-25-17-28(44(58)62-20-30-33(47)37(51)40(54)38(52)34(30)48)26(16-10-22-7-13-24(14-8-22)42(56)60-4-2)18-27(25)43(57)61-19-29-31(45)35(49)39(53)36(50)32(29)46/h2*5-8,11-14,17-18H,3-4,19-20H2,1-2H3. The number of halogens is 20. The maximum atomic E-state index is 14.5. The summed E-state index contributed by atoms with van der Waals surface area (Å²) < 4.78 is 321. The number of rotatable bonds is 20. The van der Waals surface area contributed by atoms with Gasteiger partial charge in [-0.15, -0.1) is 0 Å². The fraction of sp³-hybridized carbons (Fsp3) is 0.136.